The van der Waals surface area contributed by atoms with E-state index in [4.69, 9.17) is 9.97 Å². The summed E-state index contributed by atoms with van der Waals surface area (Å²) in [5.74, 6) is 0.653. The molecular weight excluding hydrogens is 366 g/mol. The molecule has 0 N–H and O–H groups in total. The number of nitrogens with zero attached hydrogens (tertiary/aromatic N) is 3. The molecule has 0 bridgehead atoms. The smallest absolute Gasteiger partial charge is 0.260 e. The summed E-state index contributed by atoms with van der Waals surface area (Å²) >= 11 is 0. The van der Waals surface area contributed by atoms with Gasteiger partial charge in [0.2, 0.25) is 0 Å². The van der Waals surface area contributed by atoms with Crippen LogP contribution in [-0.4, -0.2) is 9.97 Å². The molecule has 1 fully saturated rings. The molecular formula is C27H30N3+. The van der Waals surface area contributed by atoms with Crippen LogP contribution < -0.4 is 4.57 Å². The number of allylic oxidation sites excluding steroid dienone is 1. The lowest BCUT2D eigenvalue weighted by Gasteiger charge is -2.14. The van der Waals surface area contributed by atoms with Crippen molar-refractivity contribution in [2.45, 2.75) is 58.8 Å². The summed E-state index contributed by atoms with van der Waals surface area (Å²) in [6.07, 6.45) is 12.5. The second-order valence-electron chi connectivity index (χ2n) is 9.06. The molecule has 2 aliphatic carbocycles. The number of hydrogen-bond donors (Lipinski definition) is 0. The minimum absolute atomic E-state index is 0.653. The number of aryl methyl sites for hydroxylation is 3. The Kier molecular flexibility index (Phi) is 4.77. The maximum atomic E-state index is 4.84. The molecule has 2 heterocycles. The van der Waals surface area contributed by atoms with Gasteiger partial charge in [0.1, 0.15) is 5.69 Å². The first-order valence-electron chi connectivity index (χ1n) is 11.2. The van der Waals surface area contributed by atoms with Crippen LogP contribution in [0, 0.1) is 20.8 Å². The van der Waals surface area contributed by atoms with Crippen LogP contribution in [0.2, 0.25) is 0 Å². The Bertz CT molecular complexity index is 1150. The zero-order valence-electron chi connectivity index (χ0n) is 18.5. The minimum atomic E-state index is 0.653. The molecule has 0 amide bonds. The molecule has 152 valence electrons. The lowest BCUT2D eigenvalue weighted by atomic mass is 9.94. The third-order valence-electron chi connectivity index (χ3n) is 6.99. The van der Waals surface area contributed by atoms with Gasteiger partial charge in [-0.2, -0.15) is 0 Å². The van der Waals surface area contributed by atoms with E-state index in [1.807, 2.05) is 6.33 Å². The summed E-state index contributed by atoms with van der Waals surface area (Å²) in [5, 5.41) is 0. The molecule has 0 aliphatic heterocycles. The molecule has 2 aliphatic rings. The van der Waals surface area contributed by atoms with E-state index < -0.39 is 0 Å². The van der Waals surface area contributed by atoms with Crippen LogP contribution >= 0.6 is 0 Å². The molecule has 3 nitrogen and oxygen atoms in total. The summed E-state index contributed by atoms with van der Waals surface area (Å²) in [6.45, 7) is 6.61. The summed E-state index contributed by atoms with van der Waals surface area (Å²) in [4.78, 5) is 9.68. The van der Waals surface area contributed by atoms with Gasteiger partial charge < -0.3 is 0 Å². The highest BCUT2D eigenvalue weighted by molar-refractivity contribution is 5.85. The van der Waals surface area contributed by atoms with E-state index in [1.54, 1.807) is 0 Å². The maximum Gasteiger partial charge on any atom is 0.287 e. The van der Waals surface area contributed by atoms with Crippen molar-refractivity contribution < 1.29 is 4.57 Å². The summed E-state index contributed by atoms with van der Waals surface area (Å²) in [7, 11) is 2.11. The molecule has 0 unspecified atom stereocenters. The summed E-state index contributed by atoms with van der Waals surface area (Å²) in [5.41, 5.74) is 12.7. The van der Waals surface area contributed by atoms with E-state index in [0.29, 0.717) is 5.92 Å². The van der Waals surface area contributed by atoms with Crippen molar-refractivity contribution in [3.63, 3.8) is 0 Å². The fraction of sp³-hybridized carbons (Fsp3) is 0.370. The van der Waals surface area contributed by atoms with Crippen molar-refractivity contribution in [1.29, 1.82) is 0 Å². The van der Waals surface area contributed by atoms with E-state index in [9.17, 15) is 0 Å². The lowest BCUT2D eigenvalue weighted by Crippen LogP contribution is -2.33. The standard InChI is InChI=1S/C27H30N3/c1-17-13-18(2)19(3)24(14-17)27-23-11-10-22(26(23)29-16-30(27)4)21-9-12-25(28-15-21)20-7-5-6-8-20/h9-10,12-16,20H,5-8,11H2,1-4H3/q+1. The monoisotopic (exact) mass is 396 g/mol. The van der Waals surface area contributed by atoms with Crippen molar-refractivity contribution in [2.75, 3.05) is 0 Å². The Balaban J connectivity index is 1.55. The van der Waals surface area contributed by atoms with Gasteiger partial charge in [0.15, 0.2) is 5.69 Å². The molecule has 3 aromatic rings. The summed E-state index contributed by atoms with van der Waals surface area (Å²) in [6, 6.07) is 9.06. The third-order valence-corrected chi connectivity index (χ3v) is 6.99. The quantitative estimate of drug-likeness (QED) is 0.544. The SMILES string of the molecule is Cc1cc(C)c(C)c(-c2c3c(nc[n+]2C)C(c2ccc(C4CCCC4)nc2)=CC3)c1. The Morgan fingerprint density at radius 3 is 2.53 bits per heavy atom. The van der Waals surface area contributed by atoms with Gasteiger partial charge in [-0.05, 0) is 61.9 Å². The van der Waals surface area contributed by atoms with Crippen molar-refractivity contribution in [3.05, 3.63) is 82.1 Å². The number of fused-ring (bicyclic) bond motifs is 1. The van der Waals surface area contributed by atoms with Crippen LogP contribution in [-0.2, 0) is 13.5 Å². The average Bonchev–Trinajstić information content (AvgIpc) is 3.41. The predicted octanol–water partition coefficient (Wildman–Crippen LogP) is 5.54. The van der Waals surface area contributed by atoms with E-state index in [-0.39, 0.29) is 0 Å². The number of hydrogen-bond acceptors (Lipinski definition) is 2. The van der Waals surface area contributed by atoms with Gasteiger partial charge in [-0.15, -0.1) is 0 Å². The van der Waals surface area contributed by atoms with Gasteiger partial charge in [-0.25, -0.2) is 4.57 Å². The molecule has 0 spiro atoms. The van der Waals surface area contributed by atoms with Gasteiger partial charge in [0, 0.05) is 40.9 Å². The second kappa shape index (κ2) is 7.46. The first kappa shape index (κ1) is 19.2. The number of pyridine rings is 1. The molecule has 0 saturated heterocycles. The molecule has 30 heavy (non-hydrogen) atoms. The largest absolute Gasteiger partial charge is 0.287 e. The number of rotatable bonds is 3. The van der Waals surface area contributed by atoms with Crippen molar-refractivity contribution >= 4 is 5.57 Å². The Hall–Kier alpha value is -2.81. The Labute approximate surface area is 179 Å². The van der Waals surface area contributed by atoms with Gasteiger partial charge in [-0.1, -0.05) is 36.6 Å². The van der Waals surface area contributed by atoms with E-state index >= 15 is 0 Å². The normalized spacial score (nSPS) is 16.1. The molecule has 0 radical (unpaired) electrons. The topological polar surface area (TPSA) is 29.7 Å². The van der Waals surface area contributed by atoms with Gasteiger partial charge in [0.25, 0.3) is 6.33 Å². The van der Waals surface area contributed by atoms with Crippen molar-refractivity contribution in [1.82, 2.24) is 9.97 Å². The van der Waals surface area contributed by atoms with Crippen molar-refractivity contribution in [3.8, 4) is 11.3 Å². The molecule has 0 atom stereocenters. The van der Waals surface area contributed by atoms with Crippen LogP contribution in [0.15, 0.2) is 42.9 Å². The zero-order chi connectivity index (χ0) is 20.8. The Morgan fingerprint density at radius 2 is 1.80 bits per heavy atom. The highest BCUT2D eigenvalue weighted by atomic mass is 15.0. The molecule has 1 aromatic carbocycles. The van der Waals surface area contributed by atoms with Gasteiger partial charge >= 0.3 is 0 Å². The van der Waals surface area contributed by atoms with E-state index in [1.165, 1.54) is 76.0 Å². The lowest BCUT2D eigenvalue weighted by molar-refractivity contribution is -0.663. The van der Waals surface area contributed by atoms with Crippen LogP contribution in [0.1, 0.15) is 70.8 Å². The van der Waals surface area contributed by atoms with Crippen LogP contribution in [0.4, 0.5) is 0 Å². The van der Waals surface area contributed by atoms with Crippen LogP contribution in [0.3, 0.4) is 0 Å². The zero-order valence-corrected chi connectivity index (χ0v) is 18.5. The molecule has 2 aromatic heterocycles. The first-order chi connectivity index (χ1) is 14.5. The number of benzene rings is 1. The highest BCUT2D eigenvalue weighted by Gasteiger charge is 2.29. The predicted molar refractivity (Wildman–Crippen MR) is 121 cm³/mol. The third kappa shape index (κ3) is 3.17. The van der Waals surface area contributed by atoms with Crippen LogP contribution in [0.25, 0.3) is 16.8 Å². The minimum Gasteiger partial charge on any atom is -0.260 e. The maximum absolute atomic E-state index is 4.84. The Morgan fingerprint density at radius 1 is 1.00 bits per heavy atom. The average molecular weight is 397 g/mol. The van der Waals surface area contributed by atoms with Crippen LogP contribution in [0.5, 0.6) is 0 Å². The fourth-order valence-corrected chi connectivity index (χ4v) is 5.25. The van der Waals surface area contributed by atoms with Crippen molar-refractivity contribution in [2.24, 2.45) is 7.05 Å². The fourth-order valence-electron chi connectivity index (χ4n) is 5.25. The molecule has 3 heteroatoms. The first-order valence-corrected chi connectivity index (χ1v) is 11.2. The van der Waals surface area contributed by atoms with E-state index in [2.05, 4.69) is 68.9 Å². The molecule has 1 saturated carbocycles. The van der Waals surface area contributed by atoms with Gasteiger partial charge in [0.05, 0.1) is 12.6 Å². The highest BCUT2D eigenvalue weighted by Crippen LogP contribution is 2.38. The molecule has 5 rings (SSSR count). The summed E-state index contributed by atoms with van der Waals surface area (Å²) < 4.78 is 2.18. The van der Waals surface area contributed by atoms with E-state index in [0.717, 1.165) is 12.1 Å². The second-order valence-corrected chi connectivity index (χ2v) is 9.06. The number of aromatic nitrogens is 3. The van der Waals surface area contributed by atoms with Gasteiger partial charge in [-0.3, -0.25) is 4.98 Å².